The molecule has 0 amide bonds. The highest BCUT2D eigenvalue weighted by atomic mass is 32.2. The van der Waals surface area contributed by atoms with Crippen molar-refractivity contribution in [3.63, 3.8) is 0 Å². The Labute approximate surface area is 120 Å². The Morgan fingerprint density at radius 2 is 1.85 bits per heavy atom. The van der Waals surface area contributed by atoms with Gasteiger partial charge in [-0.25, -0.2) is 8.42 Å². The molecule has 0 aliphatic carbocycles. The van der Waals surface area contributed by atoms with Crippen LogP contribution in [-0.4, -0.2) is 40.2 Å². The van der Waals surface area contributed by atoms with Gasteiger partial charge in [0.15, 0.2) is 9.84 Å². The van der Waals surface area contributed by atoms with Gasteiger partial charge in [-0.1, -0.05) is 12.1 Å². The third kappa shape index (κ3) is 6.55. The van der Waals surface area contributed by atoms with Crippen molar-refractivity contribution in [3.05, 3.63) is 29.8 Å². The number of rotatable bonds is 9. The van der Waals surface area contributed by atoms with Gasteiger partial charge in [0.25, 0.3) is 0 Å². The summed E-state index contributed by atoms with van der Waals surface area (Å²) in [4.78, 5) is 0. The topological polar surface area (TPSA) is 76.4 Å². The highest BCUT2D eigenvalue weighted by molar-refractivity contribution is 7.91. The number of methoxy groups -OCH3 is 1. The summed E-state index contributed by atoms with van der Waals surface area (Å²) in [6.07, 6.45) is 0.857. The first-order chi connectivity index (χ1) is 9.57. The van der Waals surface area contributed by atoms with Gasteiger partial charge >= 0.3 is 0 Å². The molecule has 0 atom stereocenters. The van der Waals surface area contributed by atoms with Crippen molar-refractivity contribution >= 4 is 9.84 Å². The SMILES string of the molecule is COCCCS(=O)(=O)CCOc1ccc(CC#N)cc1. The molecule has 20 heavy (non-hydrogen) atoms. The Morgan fingerprint density at radius 3 is 2.45 bits per heavy atom. The highest BCUT2D eigenvalue weighted by Crippen LogP contribution is 2.12. The lowest BCUT2D eigenvalue weighted by Crippen LogP contribution is -2.18. The minimum atomic E-state index is -3.09. The molecule has 0 fully saturated rings. The van der Waals surface area contributed by atoms with Gasteiger partial charge in [-0.15, -0.1) is 0 Å². The van der Waals surface area contributed by atoms with E-state index in [1.807, 2.05) is 0 Å². The molecule has 0 N–H and O–H groups in total. The zero-order valence-electron chi connectivity index (χ0n) is 11.5. The van der Waals surface area contributed by atoms with Crippen LogP contribution in [0.2, 0.25) is 0 Å². The fraction of sp³-hybridized carbons (Fsp3) is 0.500. The van der Waals surface area contributed by atoms with Crippen molar-refractivity contribution < 1.29 is 17.9 Å². The second-order valence-corrected chi connectivity index (χ2v) is 6.63. The Bertz CT molecular complexity index is 531. The van der Waals surface area contributed by atoms with E-state index in [-0.39, 0.29) is 18.1 Å². The Balaban J connectivity index is 2.34. The molecule has 0 saturated carbocycles. The summed E-state index contributed by atoms with van der Waals surface area (Å²) in [6, 6.07) is 9.14. The van der Waals surface area contributed by atoms with Gasteiger partial charge in [-0.05, 0) is 24.1 Å². The average molecular weight is 297 g/mol. The molecule has 0 heterocycles. The minimum absolute atomic E-state index is 0.00331. The molecule has 0 unspecified atom stereocenters. The largest absolute Gasteiger partial charge is 0.493 e. The molecule has 5 nitrogen and oxygen atoms in total. The molecular weight excluding hydrogens is 278 g/mol. The van der Waals surface area contributed by atoms with E-state index in [1.54, 1.807) is 31.4 Å². The van der Waals surface area contributed by atoms with Crippen LogP contribution in [0.5, 0.6) is 5.75 Å². The van der Waals surface area contributed by atoms with Crippen molar-refractivity contribution in [2.45, 2.75) is 12.8 Å². The van der Waals surface area contributed by atoms with E-state index in [0.717, 1.165) is 5.56 Å². The van der Waals surface area contributed by atoms with Crippen LogP contribution < -0.4 is 4.74 Å². The van der Waals surface area contributed by atoms with E-state index >= 15 is 0 Å². The average Bonchev–Trinajstić information content (AvgIpc) is 2.41. The predicted molar refractivity (Wildman–Crippen MR) is 76.4 cm³/mol. The number of benzene rings is 1. The molecular formula is C14H19NO4S. The summed E-state index contributed by atoms with van der Waals surface area (Å²) in [7, 11) is -1.54. The second kappa shape index (κ2) is 8.56. The number of nitriles is 1. The number of nitrogens with zero attached hydrogens (tertiary/aromatic N) is 1. The molecule has 0 bridgehead atoms. The van der Waals surface area contributed by atoms with Crippen molar-refractivity contribution in [1.82, 2.24) is 0 Å². The van der Waals surface area contributed by atoms with Gasteiger partial charge in [0, 0.05) is 13.7 Å². The predicted octanol–water partition coefficient (Wildman–Crippen LogP) is 1.58. The van der Waals surface area contributed by atoms with Crippen LogP contribution in [0.25, 0.3) is 0 Å². The second-order valence-electron chi connectivity index (χ2n) is 4.33. The minimum Gasteiger partial charge on any atom is -0.493 e. The van der Waals surface area contributed by atoms with E-state index in [2.05, 4.69) is 6.07 Å². The number of ether oxygens (including phenoxy) is 2. The molecule has 1 rings (SSSR count). The Kier molecular flexibility index (Phi) is 7.05. The van der Waals surface area contributed by atoms with Crippen LogP contribution >= 0.6 is 0 Å². The van der Waals surface area contributed by atoms with Gasteiger partial charge in [-0.3, -0.25) is 0 Å². The summed E-state index contributed by atoms with van der Waals surface area (Å²) in [5.74, 6) is 0.723. The molecule has 6 heteroatoms. The summed E-state index contributed by atoms with van der Waals surface area (Å²) in [6.45, 7) is 0.577. The van der Waals surface area contributed by atoms with Gasteiger partial charge in [0.2, 0.25) is 0 Å². The third-order valence-corrected chi connectivity index (χ3v) is 4.37. The lowest BCUT2D eigenvalue weighted by atomic mass is 10.2. The molecule has 1 aromatic rings. The Hall–Kier alpha value is -1.58. The maximum atomic E-state index is 11.7. The normalized spacial score (nSPS) is 11.0. The highest BCUT2D eigenvalue weighted by Gasteiger charge is 2.10. The van der Waals surface area contributed by atoms with Crippen LogP contribution in [0.4, 0.5) is 0 Å². The van der Waals surface area contributed by atoms with Crippen molar-refractivity contribution in [2.75, 3.05) is 31.8 Å². The lowest BCUT2D eigenvalue weighted by Gasteiger charge is -2.07. The van der Waals surface area contributed by atoms with Crippen LogP contribution in [-0.2, 0) is 21.0 Å². The summed E-state index contributed by atoms with van der Waals surface area (Å²) in [5, 5.41) is 8.55. The van der Waals surface area contributed by atoms with Crippen LogP contribution in [0.1, 0.15) is 12.0 Å². The van der Waals surface area contributed by atoms with Crippen LogP contribution in [0.15, 0.2) is 24.3 Å². The summed E-state index contributed by atoms with van der Waals surface area (Å²) >= 11 is 0. The smallest absolute Gasteiger partial charge is 0.153 e. The first kappa shape index (κ1) is 16.5. The van der Waals surface area contributed by atoms with E-state index in [4.69, 9.17) is 14.7 Å². The molecule has 110 valence electrons. The Morgan fingerprint density at radius 1 is 1.15 bits per heavy atom. The van der Waals surface area contributed by atoms with Gasteiger partial charge in [-0.2, -0.15) is 5.26 Å². The fourth-order valence-electron chi connectivity index (χ4n) is 1.61. The maximum absolute atomic E-state index is 11.7. The van der Waals surface area contributed by atoms with Gasteiger partial charge in [0.05, 0.1) is 24.0 Å². The zero-order chi connectivity index (χ0) is 14.8. The van der Waals surface area contributed by atoms with E-state index in [9.17, 15) is 8.42 Å². The number of sulfone groups is 1. The fourth-order valence-corrected chi connectivity index (χ4v) is 2.71. The van der Waals surface area contributed by atoms with Gasteiger partial charge < -0.3 is 9.47 Å². The molecule has 0 radical (unpaired) electrons. The standard InChI is InChI=1S/C14H19NO4S/c1-18-9-2-11-20(16,17)12-10-19-14-5-3-13(4-6-14)7-8-15/h3-6H,2,7,9-12H2,1H3. The van der Waals surface area contributed by atoms with Crippen LogP contribution in [0, 0.1) is 11.3 Å². The first-order valence-electron chi connectivity index (χ1n) is 6.35. The first-order valence-corrected chi connectivity index (χ1v) is 8.17. The molecule has 0 aliphatic rings. The summed E-state index contributed by atoms with van der Waals surface area (Å²) in [5.41, 5.74) is 0.909. The monoisotopic (exact) mass is 297 g/mol. The molecule has 1 aromatic carbocycles. The third-order valence-electron chi connectivity index (χ3n) is 2.67. The van der Waals surface area contributed by atoms with E-state index in [1.165, 1.54) is 0 Å². The molecule has 0 aromatic heterocycles. The molecule has 0 spiro atoms. The lowest BCUT2D eigenvalue weighted by molar-refractivity contribution is 0.199. The summed E-state index contributed by atoms with van der Waals surface area (Å²) < 4.78 is 33.5. The maximum Gasteiger partial charge on any atom is 0.153 e. The van der Waals surface area contributed by atoms with Crippen molar-refractivity contribution in [3.8, 4) is 11.8 Å². The quantitative estimate of drug-likeness (QED) is 0.647. The van der Waals surface area contributed by atoms with E-state index in [0.29, 0.717) is 25.2 Å². The van der Waals surface area contributed by atoms with Crippen molar-refractivity contribution in [1.29, 1.82) is 5.26 Å². The molecule has 0 saturated heterocycles. The van der Waals surface area contributed by atoms with E-state index < -0.39 is 9.84 Å². The number of hydrogen-bond donors (Lipinski definition) is 0. The van der Waals surface area contributed by atoms with Crippen LogP contribution in [0.3, 0.4) is 0 Å². The zero-order valence-corrected chi connectivity index (χ0v) is 12.4. The van der Waals surface area contributed by atoms with Crippen molar-refractivity contribution in [2.24, 2.45) is 0 Å². The molecule has 0 aliphatic heterocycles. The number of hydrogen-bond acceptors (Lipinski definition) is 5. The van der Waals surface area contributed by atoms with Gasteiger partial charge in [0.1, 0.15) is 12.4 Å².